The monoisotopic (exact) mass is 394 g/mol. The zero-order valence-electron chi connectivity index (χ0n) is 15.4. The summed E-state index contributed by atoms with van der Waals surface area (Å²) in [6.45, 7) is -0.0162. The van der Waals surface area contributed by atoms with Crippen molar-refractivity contribution in [1.82, 2.24) is 15.1 Å². The van der Waals surface area contributed by atoms with E-state index in [0.717, 1.165) is 10.2 Å². The molecule has 148 valence electrons. The molecule has 29 heavy (non-hydrogen) atoms. The van der Waals surface area contributed by atoms with Crippen LogP contribution in [0.4, 0.5) is 4.39 Å². The summed E-state index contributed by atoms with van der Waals surface area (Å²) in [7, 11) is 0. The number of para-hydroxylation sites is 1. The average Bonchev–Trinajstić information content (AvgIpc) is 2.73. The molecule has 0 aliphatic heterocycles. The summed E-state index contributed by atoms with van der Waals surface area (Å²) in [6.07, 6.45) is 0.257. The molecule has 2 amide bonds. The molecule has 2 aromatic carbocycles. The van der Waals surface area contributed by atoms with Crippen molar-refractivity contribution >= 4 is 11.8 Å². The van der Waals surface area contributed by atoms with E-state index in [1.54, 1.807) is 42.5 Å². The van der Waals surface area contributed by atoms with Crippen molar-refractivity contribution in [2.75, 3.05) is 6.54 Å². The number of nitrogens with one attached hydrogen (secondary N) is 1. The van der Waals surface area contributed by atoms with Crippen molar-refractivity contribution in [2.45, 2.75) is 6.42 Å². The number of nitrogens with two attached hydrogens (primary N) is 1. The first-order chi connectivity index (χ1) is 13.9. The van der Waals surface area contributed by atoms with Gasteiger partial charge in [-0.05, 0) is 42.3 Å². The van der Waals surface area contributed by atoms with Gasteiger partial charge in [0.15, 0.2) is 0 Å². The number of primary amides is 1. The molecule has 1 aromatic heterocycles. The molecule has 8 heteroatoms. The molecule has 0 fully saturated rings. The second-order valence-corrected chi connectivity index (χ2v) is 6.44. The van der Waals surface area contributed by atoms with Crippen LogP contribution in [-0.4, -0.2) is 28.1 Å². The molecular formula is C21H19FN4O3. The van der Waals surface area contributed by atoms with Crippen LogP contribution in [0.25, 0.3) is 5.69 Å². The van der Waals surface area contributed by atoms with E-state index in [-0.39, 0.29) is 30.0 Å². The largest absolute Gasteiger partial charge is 0.369 e. The highest BCUT2D eigenvalue weighted by atomic mass is 19.1. The number of benzene rings is 2. The lowest BCUT2D eigenvalue weighted by Crippen LogP contribution is -2.38. The molecule has 0 saturated carbocycles. The van der Waals surface area contributed by atoms with Gasteiger partial charge in [-0.15, -0.1) is 0 Å². The first-order valence-corrected chi connectivity index (χ1v) is 8.92. The van der Waals surface area contributed by atoms with E-state index in [1.165, 1.54) is 24.3 Å². The van der Waals surface area contributed by atoms with E-state index in [1.807, 2.05) is 0 Å². The Bertz CT molecular complexity index is 1070. The summed E-state index contributed by atoms with van der Waals surface area (Å²) < 4.78 is 14.2. The molecular weight excluding hydrogens is 375 g/mol. The van der Waals surface area contributed by atoms with Crippen LogP contribution in [0.5, 0.6) is 0 Å². The molecule has 1 unspecified atom stereocenters. The fraction of sp³-hybridized carbons (Fsp3) is 0.143. The standard InChI is InChI=1S/C21H19FN4O3/c22-16-8-6-14(7-9-16)12-15(20(23)28)13-24-21(29)18-10-11-19(27)26(25-18)17-4-2-1-3-5-17/h1-11,15H,12-13H2,(H2,23,28)(H,24,29). The molecule has 3 N–H and O–H groups in total. The zero-order chi connectivity index (χ0) is 20.8. The van der Waals surface area contributed by atoms with Crippen molar-refractivity contribution in [3.63, 3.8) is 0 Å². The van der Waals surface area contributed by atoms with E-state index < -0.39 is 17.7 Å². The third-order valence-corrected chi connectivity index (χ3v) is 4.34. The molecule has 1 heterocycles. The molecule has 3 aromatic rings. The number of hydrogen-bond acceptors (Lipinski definition) is 4. The van der Waals surface area contributed by atoms with Crippen molar-refractivity contribution in [3.05, 3.63) is 94.2 Å². The van der Waals surface area contributed by atoms with Crippen LogP contribution < -0.4 is 16.6 Å². The first kappa shape index (κ1) is 19.9. The average molecular weight is 394 g/mol. The Hall–Kier alpha value is -3.81. The van der Waals surface area contributed by atoms with Gasteiger partial charge in [0.1, 0.15) is 11.5 Å². The number of hydrogen-bond donors (Lipinski definition) is 2. The maximum absolute atomic E-state index is 13.0. The highest BCUT2D eigenvalue weighted by Crippen LogP contribution is 2.10. The Labute approximate surface area is 166 Å². The van der Waals surface area contributed by atoms with E-state index in [2.05, 4.69) is 10.4 Å². The summed E-state index contributed by atoms with van der Waals surface area (Å²) in [6, 6.07) is 17.0. The molecule has 0 radical (unpaired) electrons. The number of nitrogens with zero attached hydrogens (tertiary/aromatic N) is 2. The molecule has 0 bridgehead atoms. The van der Waals surface area contributed by atoms with Crippen molar-refractivity contribution < 1.29 is 14.0 Å². The van der Waals surface area contributed by atoms with Gasteiger partial charge in [0.05, 0.1) is 11.6 Å². The molecule has 0 aliphatic carbocycles. The van der Waals surface area contributed by atoms with Crippen LogP contribution in [0.3, 0.4) is 0 Å². The lowest BCUT2D eigenvalue weighted by Gasteiger charge is -2.14. The van der Waals surface area contributed by atoms with E-state index >= 15 is 0 Å². The normalized spacial score (nSPS) is 11.6. The van der Waals surface area contributed by atoms with E-state index in [4.69, 9.17) is 5.73 Å². The van der Waals surface area contributed by atoms with Crippen LogP contribution >= 0.6 is 0 Å². The number of carbonyl (C=O) groups excluding carboxylic acids is 2. The Morgan fingerprint density at radius 1 is 1.03 bits per heavy atom. The van der Waals surface area contributed by atoms with Crippen LogP contribution in [0.15, 0.2) is 71.5 Å². The molecule has 0 saturated heterocycles. The van der Waals surface area contributed by atoms with Gasteiger partial charge in [0.2, 0.25) is 5.91 Å². The van der Waals surface area contributed by atoms with Crippen LogP contribution in [0, 0.1) is 11.7 Å². The van der Waals surface area contributed by atoms with Gasteiger partial charge in [-0.1, -0.05) is 30.3 Å². The van der Waals surface area contributed by atoms with Crippen LogP contribution in [0.1, 0.15) is 16.1 Å². The lowest BCUT2D eigenvalue weighted by atomic mass is 9.98. The molecule has 0 aliphatic rings. The fourth-order valence-corrected chi connectivity index (χ4v) is 2.77. The minimum Gasteiger partial charge on any atom is -0.369 e. The van der Waals surface area contributed by atoms with Gasteiger partial charge < -0.3 is 11.1 Å². The predicted octanol–water partition coefficient (Wildman–Crippen LogP) is 1.45. The topological polar surface area (TPSA) is 107 Å². The van der Waals surface area contributed by atoms with E-state index in [0.29, 0.717) is 5.69 Å². The van der Waals surface area contributed by atoms with Gasteiger partial charge in [-0.3, -0.25) is 14.4 Å². The highest BCUT2D eigenvalue weighted by molar-refractivity contribution is 5.92. The van der Waals surface area contributed by atoms with Gasteiger partial charge in [-0.25, -0.2) is 4.39 Å². The summed E-state index contributed by atoms with van der Waals surface area (Å²) in [5, 5.41) is 6.71. The Kier molecular flexibility index (Phi) is 6.13. The quantitative estimate of drug-likeness (QED) is 0.632. The number of halogens is 1. The molecule has 1 atom stereocenters. The van der Waals surface area contributed by atoms with Crippen LogP contribution in [-0.2, 0) is 11.2 Å². The predicted molar refractivity (Wildman–Crippen MR) is 105 cm³/mol. The molecule has 3 rings (SSSR count). The van der Waals surface area contributed by atoms with Gasteiger partial charge >= 0.3 is 0 Å². The Morgan fingerprint density at radius 2 is 1.72 bits per heavy atom. The van der Waals surface area contributed by atoms with Crippen molar-refractivity contribution in [2.24, 2.45) is 11.7 Å². The van der Waals surface area contributed by atoms with Crippen molar-refractivity contribution in [1.29, 1.82) is 0 Å². The smallest absolute Gasteiger partial charge is 0.271 e. The van der Waals surface area contributed by atoms with Crippen LogP contribution in [0.2, 0.25) is 0 Å². The molecule has 0 spiro atoms. The third-order valence-electron chi connectivity index (χ3n) is 4.34. The Morgan fingerprint density at radius 3 is 2.38 bits per heavy atom. The third kappa shape index (κ3) is 5.13. The maximum Gasteiger partial charge on any atom is 0.271 e. The summed E-state index contributed by atoms with van der Waals surface area (Å²) in [5.74, 6) is -2.18. The second kappa shape index (κ2) is 8.92. The van der Waals surface area contributed by atoms with E-state index in [9.17, 15) is 18.8 Å². The highest BCUT2D eigenvalue weighted by Gasteiger charge is 2.19. The summed E-state index contributed by atoms with van der Waals surface area (Å²) in [4.78, 5) is 36.3. The lowest BCUT2D eigenvalue weighted by molar-refractivity contribution is -0.121. The number of aromatic nitrogens is 2. The SMILES string of the molecule is NC(=O)C(CNC(=O)c1ccc(=O)n(-c2ccccc2)n1)Cc1ccc(F)cc1. The first-order valence-electron chi connectivity index (χ1n) is 8.92. The maximum atomic E-state index is 13.0. The van der Waals surface area contributed by atoms with Gasteiger partial charge in [0.25, 0.3) is 11.5 Å². The van der Waals surface area contributed by atoms with Crippen molar-refractivity contribution in [3.8, 4) is 5.69 Å². The minimum atomic E-state index is -0.676. The Balaban J connectivity index is 1.71. The summed E-state index contributed by atoms with van der Waals surface area (Å²) >= 11 is 0. The molecule has 7 nitrogen and oxygen atoms in total. The second-order valence-electron chi connectivity index (χ2n) is 6.44. The number of amides is 2. The summed E-state index contributed by atoms with van der Waals surface area (Å²) in [5.41, 5.74) is 6.33. The van der Waals surface area contributed by atoms with Gasteiger partial charge in [-0.2, -0.15) is 9.78 Å². The number of rotatable bonds is 7. The zero-order valence-corrected chi connectivity index (χ0v) is 15.4. The minimum absolute atomic E-state index is 0.0162. The number of carbonyl (C=O) groups is 2. The van der Waals surface area contributed by atoms with Gasteiger partial charge in [0, 0.05) is 12.6 Å². The fourth-order valence-electron chi connectivity index (χ4n) is 2.77.